The number of primary amides is 1. The van der Waals surface area contributed by atoms with Gasteiger partial charge < -0.3 is 25.8 Å². The van der Waals surface area contributed by atoms with Crippen LogP contribution in [0.5, 0.6) is 5.75 Å². The van der Waals surface area contributed by atoms with Gasteiger partial charge in [-0.15, -0.1) is 0 Å². The van der Waals surface area contributed by atoms with Crippen LogP contribution in [-0.4, -0.2) is 94.2 Å². The van der Waals surface area contributed by atoms with Gasteiger partial charge in [0.05, 0.1) is 42.2 Å². The number of Topliss-reactive ketones (excluding diaryl/α,β-unsaturated/α-hetero) is 4. The van der Waals surface area contributed by atoms with E-state index in [2.05, 4.69) is 0 Å². The molecule has 0 saturated heterocycles. The molecule has 2 aromatic rings. The Balaban J connectivity index is 1.76. The predicted octanol–water partition coefficient (Wildman–Crippen LogP) is -0.377. The summed E-state index contributed by atoms with van der Waals surface area (Å²) < 4.78 is 4.72. The van der Waals surface area contributed by atoms with Crippen LogP contribution in [0.4, 0.5) is 0 Å². The molecule has 2 fully saturated rings. The van der Waals surface area contributed by atoms with Crippen LogP contribution in [0.25, 0.3) is 11.6 Å². The number of rotatable bonds is 4. The number of ether oxygens (including phenoxy) is 1. The van der Waals surface area contributed by atoms with Crippen LogP contribution in [0.3, 0.4) is 0 Å². The monoisotopic (exact) mass is 576 g/mol. The summed E-state index contributed by atoms with van der Waals surface area (Å²) in [7, 11) is 4.06. The van der Waals surface area contributed by atoms with E-state index in [-0.39, 0.29) is 22.3 Å². The lowest BCUT2D eigenvalue weighted by Gasteiger charge is -2.55. The lowest BCUT2D eigenvalue weighted by Crippen LogP contribution is -2.77. The third kappa shape index (κ3) is 3.94. The maximum absolute atomic E-state index is 14.2. The minimum Gasteiger partial charge on any atom is -0.507 e. The minimum absolute atomic E-state index is 0.195. The Kier molecular flexibility index (Phi) is 6.96. The summed E-state index contributed by atoms with van der Waals surface area (Å²) in [4.78, 5) is 80.2. The van der Waals surface area contributed by atoms with Gasteiger partial charge in [-0.25, -0.2) is 4.79 Å². The lowest BCUT2D eigenvalue weighted by molar-refractivity contribution is -0.192. The number of hydrogen-bond donors (Lipinski definition) is 4. The maximum Gasteiger partial charge on any atom is 0.337 e. The van der Waals surface area contributed by atoms with Crippen LogP contribution >= 0.6 is 0 Å². The van der Waals surface area contributed by atoms with Crippen molar-refractivity contribution in [2.45, 2.75) is 17.7 Å². The topological polar surface area (TPSA) is 202 Å². The number of aromatic hydroxyl groups is 1. The second-order valence-electron chi connectivity index (χ2n) is 10.9. The summed E-state index contributed by atoms with van der Waals surface area (Å²) in [6.45, 7) is 0. The highest BCUT2D eigenvalue weighted by atomic mass is 16.5. The van der Waals surface area contributed by atoms with Gasteiger partial charge in [-0.3, -0.25) is 28.9 Å². The molecule has 12 heteroatoms. The molecule has 1 amide bonds. The fraction of sp³-hybridized carbons (Fsp3) is 0.333. The van der Waals surface area contributed by atoms with E-state index in [0.717, 1.165) is 0 Å². The maximum atomic E-state index is 14.2. The largest absolute Gasteiger partial charge is 0.507 e. The number of fused-ring (bicyclic) bond motifs is 3. The van der Waals surface area contributed by atoms with Crippen LogP contribution in [0.15, 0.2) is 42.5 Å². The molecular weight excluding hydrogens is 548 g/mol. The highest BCUT2D eigenvalue weighted by molar-refractivity contribution is 6.33. The van der Waals surface area contributed by atoms with E-state index >= 15 is 0 Å². The Hall–Kier alpha value is -4.52. The number of ketones is 4. The normalized spacial score (nSPS) is 31.4. The number of aliphatic hydroxyl groups excluding tert-OH is 1. The number of benzene rings is 2. The number of phenolic OH excluding ortho intramolecular Hbond substituents is 1. The zero-order valence-corrected chi connectivity index (χ0v) is 22.8. The molecule has 7 atom stereocenters. The number of methoxy groups -OCH3 is 1. The number of nitrogens with two attached hydrogens (primary N) is 1. The van der Waals surface area contributed by atoms with Crippen molar-refractivity contribution in [2.75, 3.05) is 21.2 Å². The molecule has 5 N–H and O–H groups in total. The molecule has 12 nitrogen and oxygen atoms in total. The van der Waals surface area contributed by atoms with Crippen LogP contribution in [0.2, 0.25) is 0 Å². The molecule has 0 aromatic heterocycles. The molecule has 0 heterocycles. The molecule has 2 aromatic carbocycles. The molecule has 0 spiro atoms. The van der Waals surface area contributed by atoms with E-state index < -0.39 is 82.2 Å². The van der Waals surface area contributed by atoms with E-state index in [1.54, 1.807) is 18.2 Å². The third-order valence-electron chi connectivity index (χ3n) is 8.53. The highest BCUT2D eigenvalue weighted by Gasteiger charge is 2.72. The zero-order chi connectivity index (χ0) is 30.8. The molecule has 0 bridgehead atoms. The van der Waals surface area contributed by atoms with Crippen molar-refractivity contribution in [1.29, 1.82) is 0 Å². The van der Waals surface area contributed by atoms with E-state index in [9.17, 15) is 44.1 Å². The smallest absolute Gasteiger partial charge is 0.337 e. The Morgan fingerprint density at radius 1 is 1.02 bits per heavy atom. The average molecular weight is 577 g/mol. The number of carbonyl (C=O) groups excluding carboxylic acids is 6. The predicted molar refractivity (Wildman–Crippen MR) is 145 cm³/mol. The second kappa shape index (κ2) is 10.1. The lowest BCUT2D eigenvalue weighted by atomic mass is 9.50. The van der Waals surface area contributed by atoms with Crippen LogP contribution < -0.4 is 5.73 Å². The van der Waals surface area contributed by atoms with Crippen LogP contribution in [0, 0.1) is 23.7 Å². The molecule has 2 saturated carbocycles. The molecular formula is C30H28N2O10. The summed E-state index contributed by atoms with van der Waals surface area (Å²) in [6.07, 6.45) is -0.278. The number of esters is 1. The summed E-state index contributed by atoms with van der Waals surface area (Å²) in [5, 5.41) is 34.4. The van der Waals surface area contributed by atoms with E-state index in [1.165, 1.54) is 56.4 Å². The molecule has 42 heavy (non-hydrogen) atoms. The molecule has 3 aliphatic carbocycles. The fourth-order valence-corrected chi connectivity index (χ4v) is 6.68. The summed E-state index contributed by atoms with van der Waals surface area (Å²) in [6, 6.07) is 8.82. The average Bonchev–Trinajstić information content (AvgIpc) is 2.94. The SMILES string of the molecule is COC(=O)c1ccc(C=C2c3cccc(O)c3C(=O)C3C(=O)[C@@]4(O)C(=O)C(C(N)=O)C(=O)[C@H](N(C)C)[C@H]4[C@H](O)[C@@H]23)cc1. The number of amides is 1. The number of likely N-dealkylation sites (N-methyl/N-ethyl adjacent to an activating group) is 1. The standard InChI is InChI=1S/C30H28N2O10/c1-32(2)22-21-24(35)18-15(11-12-7-9-13(10-8-12)29(40)42-3)14-5-4-6-16(33)17(14)23(34)19(18)26(37)30(21,41)27(38)20(25(22)36)28(31)39/h4-11,18-22,24,33,35,41H,1-3H3,(H2,31,39)/t18-,19?,20?,21-,22+,24+,30+/m0/s1. The van der Waals surface area contributed by atoms with Gasteiger partial charge in [0.1, 0.15) is 5.75 Å². The Bertz CT molecular complexity index is 1590. The van der Waals surface area contributed by atoms with Crippen molar-refractivity contribution in [3.63, 3.8) is 0 Å². The van der Waals surface area contributed by atoms with Gasteiger partial charge in [-0.05, 0) is 49.0 Å². The first-order valence-corrected chi connectivity index (χ1v) is 13.0. The van der Waals surface area contributed by atoms with Gasteiger partial charge in [0.25, 0.3) is 0 Å². The van der Waals surface area contributed by atoms with E-state index in [4.69, 9.17) is 10.5 Å². The summed E-state index contributed by atoms with van der Waals surface area (Å²) in [5.41, 5.74) is 3.12. The molecule has 3 aliphatic rings. The minimum atomic E-state index is -3.10. The van der Waals surface area contributed by atoms with Gasteiger partial charge in [0, 0.05) is 5.92 Å². The Morgan fingerprint density at radius 2 is 1.67 bits per heavy atom. The molecule has 5 rings (SSSR count). The fourth-order valence-electron chi connectivity index (χ4n) is 6.68. The van der Waals surface area contributed by atoms with E-state index in [1.807, 2.05) is 0 Å². The highest BCUT2D eigenvalue weighted by Crippen LogP contribution is 2.54. The quantitative estimate of drug-likeness (QED) is 0.273. The number of phenols is 1. The van der Waals surface area contributed by atoms with Crippen molar-refractivity contribution >= 4 is 46.7 Å². The number of aliphatic hydroxyl groups is 2. The number of hydrogen-bond acceptors (Lipinski definition) is 11. The van der Waals surface area contributed by atoms with Gasteiger partial charge in [0.15, 0.2) is 34.7 Å². The Labute approximate surface area is 239 Å². The Morgan fingerprint density at radius 3 is 2.24 bits per heavy atom. The van der Waals surface area contributed by atoms with Crippen LogP contribution in [-0.2, 0) is 23.9 Å². The van der Waals surface area contributed by atoms with Gasteiger partial charge >= 0.3 is 5.97 Å². The van der Waals surface area contributed by atoms with Gasteiger partial charge in [-0.1, -0.05) is 30.3 Å². The van der Waals surface area contributed by atoms with Gasteiger partial charge in [0.2, 0.25) is 5.91 Å². The first-order valence-electron chi connectivity index (χ1n) is 13.0. The summed E-state index contributed by atoms with van der Waals surface area (Å²) in [5.74, 6) is -14.3. The second-order valence-corrected chi connectivity index (χ2v) is 10.9. The molecule has 218 valence electrons. The molecule has 2 unspecified atom stereocenters. The first-order chi connectivity index (χ1) is 19.8. The summed E-state index contributed by atoms with van der Waals surface area (Å²) >= 11 is 0. The third-order valence-corrected chi connectivity index (χ3v) is 8.53. The first kappa shape index (κ1) is 29.0. The van der Waals surface area contributed by atoms with Crippen molar-refractivity contribution in [3.05, 3.63) is 64.7 Å². The number of nitrogens with zero attached hydrogens (tertiary/aromatic N) is 1. The zero-order valence-electron chi connectivity index (χ0n) is 22.8. The molecule has 0 aliphatic heterocycles. The van der Waals surface area contributed by atoms with Crippen molar-refractivity contribution in [1.82, 2.24) is 4.90 Å². The van der Waals surface area contributed by atoms with E-state index in [0.29, 0.717) is 5.56 Å². The van der Waals surface area contributed by atoms with Crippen LogP contribution in [0.1, 0.15) is 31.8 Å². The number of carbonyl (C=O) groups is 6. The van der Waals surface area contributed by atoms with Crippen molar-refractivity contribution < 1.29 is 48.8 Å². The molecule has 0 radical (unpaired) electrons. The van der Waals surface area contributed by atoms with Gasteiger partial charge in [-0.2, -0.15) is 0 Å². The van der Waals surface area contributed by atoms with Crippen molar-refractivity contribution in [2.24, 2.45) is 29.4 Å². The van der Waals surface area contributed by atoms with Crippen molar-refractivity contribution in [3.8, 4) is 5.75 Å².